The number of amides is 1. The normalized spacial score (nSPS) is 23.9. The molecule has 1 aromatic rings. The molecule has 0 aromatic heterocycles. The molecule has 25 heavy (non-hydrogen) atoms. The maximum atomic E-state index is 12.6. The van der Waals surface area contributed by atoms with Crippen LogP contribution >= 0.6 is 0 Å². The average Bonchev–Trinajstić information content (AvgIpc) is 2.66. The lowest BCUT2D eigenvalue weighted by molar-refractivity contribution is -0.168. The van der Waals surface area contributed by atoms with E-state index in [0.717, 1.165) is 43.4 Å². The van der Waals surface area contributed by atoms with Crippen molar-refractivity contribution in [3.05, 3.63) is 47.5 Å². The van der Waals surface area contributed by atoms with Gasteiger partial charge in [-0.3, -0.25) is 4.90 Å². The molecule has 5 heteroatoms. The topological polar surface area (TPSA) is 48.0 Å². The van der Waals surface area contributed by atoms with Crippen LogP contribution < -0.4 is 0 Å². The molecule has 1 saturated heterocycles. The van der Waals surface area contributed by atoms with Crippen molar-refractivity contribution in [1.82, 2.24) is 4.90 Å². The Hall–Kier alpha value is -1.85. The quantitative estimate of drug-likeness (QED) is 0.760. The van der Waals surface area contributed by atoms with E-state index in [4.69, 9.17) is 14.2 Å². The first-order valence-corrected chi connectivity index (χ1v) is 9.11. The molecule has 2 atom stereocenters. The van der Waals surface area contributed by atoms with Crippen LogP contribution in [0.1, 0.15) is 38.2 Å². The highest BCUT2D eigenvalue weighted by Crippen LogP contribution is 2.22. The molecule has 0 N–H and O–H groups in total. The van der Waals surface area contributed by atoms with E-state index in [2.05, 4.69) is 6.08 Å². The van der Waals surface area contributed by atoms with Crippen LogP contribution in [-0.4, -0.2) is 43.1 Å². The van der Waals surface area contributed by atoms with Crippen molar-refractivity contribution in [3.8, 4) is 0 Å². The van der Waals surface area contributed by atoms with Crippen LogP contribution in [-0.2, 0) is 20.8 Å². The van der Waals surface area contributed by atoms with Gasteiger partial charge < -0.3 is 14.2 Å². The van der Waals surface area contributed by atoms with Crippen LogP contribution in [0.2, 0.25) is 0 Å². The van der Waals surface area contributed by atoms with Crippen LogP contribution in [0.5, 0.6) is 0 Å². The molecule has 0 saturated carbocycles. The molecule has 0 radical (unpaired) electrons. The van der Waals surface area contributed by atoms with Gasteiger partial charge in [0.1, 0.15) is 6.61 Å². The maximum Gasteiger partial charge on any atom is 0.410 e. The zero-order valence-electron chi connectivity index (χ0n) is 14.9. The second kappa shape index (κ2) is 9.02. The minimum absolute atomic E-state index is 0.0810. The molecule has 0 spiro atoms. The van der Waals surface area contributed by atoms with Gasteiger partial charge in [0.15, 0.2) is 6.29 Å². The van der Waals surface area contributed by atoms with E-state index in [1.807, 2.05) is 37.3 Å². The van der Waals surface area contributed by atoms with Gasteiger partial charge in [-0.1, -0.05) is 42.0 Å². The summed E-state index contributed by atoms with van der Waals surface area (Å²) in [6, 6.07) is 9.66. The fourth-order valence-corrected chi connectivity index (χ4v) is 3.25. The fraction of sp³-hybridized carbons (Fsp3) is 0.550. The summed E-state index contributed by atoms with van der Waals surface area (Å²) in [6.45, 7) is 4.20. The molecule has 1 fully saturated rings. The zero-order valence-corrected chi connectivity index (χ0v) is 14.9. The summed E-state index contributed by atoms with van der Waals surface area (Å²) < 4.78 is 17.1. The summed E-state index contributed by atoms with van der Waals surface area (Å²) in [7, 11) is 0. The Morgan fingerprint density at radius 1 is 1.28 bits per heavy atom. The summed E-state index contributed by atoms with van der Waals surface area (Å²) in [5.74, 6) is 0. The molecule has 1 amide bonds. The minimum atomic E-state index is -0.283. The Labute approximate surface area is 149 Å². The monoisotopic (exact) mass is 345 g/mol. The van der Waals surface area contributed by atoms with Crippen molar-refractivity contribution in [3.63, 3.8) is 0 Å². The van der Waals surface area contributed by atoms with Gasteiger partial charge in [0.05, 0.1) is 12.6 Å². The van der Waals surface area contributed by atoms with E-state index < -0.39 is 0 Å². The lowest BCUT2D eigenvalue weighted by Gasteiger charge is -2.35. The smallest absolute Gasteiger partial charge is 0.410 e. The number of benzene rings is 1. The first-order chi connectivity index (χ1) is 12.2. The van der Waals surface area contributed by atoms with E-state index >= 15 is 0 Å². The van der Waals surface area contributed by atoms with Crippen molar-refractivity contribution < 1.29 is 19.0 Å². The number of carbonyl (C=O) groups excluding carboxylic acids is 1. The van der Waals surface area contributed by atoms with E-state index in [-0.39, 0.29) is 25.0 Å². The van der Waals surface area contributed by atoms with E-state index in [0.29, 0.717) is 13.2 Å². The first kappa shape index (κ1) is 18.0. The largest absolute Gasteiger partial charge is 0.445 e. The number of carbonyl (C=O) groups is 1. The lowest BCUT2D eigenvalue weighted by Crippen LogP contribution is -2.47. The van der Waals surface area contributed by atoms with Crippen LogP contribution in [0.4, 0.5) is 4.79 Å². The predicted octanol–water partition coefficient (Wildman–Crippen LogP) is 3.89. The van der Waals surface area contributed by atoms with Crippen molar-refractivity contribution in [2.45, 2.75) is 51.5 Å². The Morgan fingerprint density at radius 3 is 2.88 bits per heavy atom. The Bertz CT molecular complexity index is 581. The third-order valence-electron chi connectivity index (χ3n) is 4.76. The summed E-state index contributed by atoms with van der Waals surface area (Å²) in [4.78, 5) is 14.3. The van der Waals surface area contributed by atoms with Gasteiger partial charge in [-0.25, -0.2) is 4.79 Å². The second-order valence-corrected chi connectivity index (χ2v) is 6.62. The van der Waals surface area contributed by atoms with E-state index in [1.165, 1.54) is 0 Å². The van der Waals surface area contributed by atoms with Crippen molar-refractivity contribution in [1.29, 1.82) is 0 Å². The van der Waals surface area contributed by atoms with Gasteiger partial charge in [0.2, 0.25) is 0 Å². The fourth-order valence-electron chi connectivity index (χ4n) is 3.25. The number of ether oxygens (including phenoxy) is 3. The van der Waals surface area contributed by atoms with E-state index in [1.54, 1.807) is 4.90 Å². The molecule has 1 aromatic carbocycles. The molecule has 2 unspecified atom stereocenters. The molecule has 5 nitrogen and oxygen atoms in total. The second-order valence-electron chi connectivity index (χ2n) is 6.62. The lowest BCUT2D eigenvalue weighted by atomic mass is 10.0. The van der Waals surface area contributed by atoms with Gasteiger partial charge in [-0.2, -0.15) is 0 Å². The number of rotatable bonds is 5. The van der Waals surface area contributed by atoms with Gasteiger partial charge in [0, 0.05) is 13.2 Å². The van der Waals surface area contributed by atoms with Gasteiger partial charge >= 0.3 is 6.09 Å². The van der Waals surface area contributed by atoms with Gasteiger partial charge in [-0.05, 0) is 38.2 Å². The summed E-state index contributed by atoms with van der Waals surface area (Å²) in [6.07, 6.45) is 5.75. The molecule has 0 aliphatic carbocycles. The SMILES string of the molecule is CC1=CCCN(C(=O)OCc2ccccc2)C1COC1CCCCO1. The van der Waals surface area contributed by atoms with Crippen molar-refractivity contribution >= 4 is 6.09 Å². The van der Waals surface area contributed by atoms with Gasteiger partial charge in [-0.15, -0.1) is 0 Å². The highest BCUT2D eigenvalue weighted by atomic mass is 16.7. The van der Waals surface area contributed by atoms with E-state index in [9.17, 15) is 4.79 Å². The average molecular weight is 345 g/mol. The molecule has 136 valence electrons. The van der Waals surface area contributed by atoms with Crippen molar-refractivity contribution in [2.75, 3.05) is 19.8 Å². The predicted molar refractivity (Wildman–Crippen MR) is 95.0 cm³/mol. The highest BCUT2D eigenvalue weighted by Gasteiger charge is 2.30. The molecular weight excluding hydrogens is 318 g/mol. The minimum Gasteiger partial charge on any atom is -0.445 e. The molecule has 2 aliphatic heterocycles. The summed E-state index contributed by atoms with van der Waals surface area (Å²) in [5.41, 5.74) is 2.14. The zero-order chi connectivity index (χ0) is 17.5. The Kier molecular flexibility index (Phi) is 6.48. The van der Waals surface area contributed by atoms with Crippen LogP contribution in [0.15, 0.2) is 42.0 Å². The molecule has 2 heterocycles. The van der Waals surface area contributed by atoms with Crippen LogP contribution in [0, 0.1) is 0 Å². The Morgan fingerprint density at radius 2 is 2.12 bits per heavy atom. The molecular formula is C20H27NO4. The molecule has 0 bridgehead atoms. The summed E-state index contributed by atoms with van der Waals surface area (Å²) in [5, 5.41) is 0. The highest BCUT2D eigenvalue weighted by molar-refractivity contribution is 5.69. The van der Waals surface area contributed by atoms with Gasteiger partial charge in [0.25, 0.3) is 0 Å². The first-order valence-electron chi connectivity index (χ1n) is 9.11. The third-order valence-corrected chi connectivity index (χ3v) is 4.76. The van der Waals surface area contributed by atoms with Crippen molar-refractivity contribution in [2.24, 2.45) is 0 Å². The Balaban J connectivity index is 1.55. The standard InChI is InChI=1S/C20H27NO4/c1-16-8-7-12-21(18(16)15-24-19-11-5-6-13-23-19)20(22)25-14-17-9-3-2-4-10-17/h2-4,8-10,18-19H,5-7,11-15H2,1H3. The summed E-state index contributed by atoms with van der Waals surface area (Å²) >= 11 is 0. The third kappa shape index (κ3) is 5.06. The molecule has 3 rings (SSSR count). The maximum absolute atomic E-state index is 12.6. The number of hydrogen-bond acceptors (Lipinski definition) is 4. The van der Waals surface area contributed by atoms with Crippen LogP contribution in [0.3, 0.4) is 0 Å². The molecule has 2 aliphatic rings. The number of hydrogen-bond donors (Lipinski definition) is 0. The van der Waals surface area contributed by atoms with Crippen LogP contribution in [0.25, 0.3) is 0 Å². The number of nitrogens with zero attached hydrogens (tertiary/aromatic N) is 1.